The molecular formula is C24H25N3O4S2. The molecule has 3 aromatic rings. The minimum absolute atomic E-state index is 0.0509. The predicted octanol–water partition coefficient (Wildman–Crippen LogP) is 4.11. The summed E-state index contributed by atoms with van der Waals surface area (Å²) in [6.07, 6.45) is 2.74. The van der Waals surface area contributed by atoms with Gasteiger partial charge in [-0.25, -0.2) is 8.42 Å². The van der Waals surface area contributed by atoms with Crippen molar-refractivity contribution >= 4 is 38.9 Å². The second kappa shape index (κ2) is 10.3. The molecule has 7 nitrogen and oxygen atoms in total. The molecule has 0 atom stereocenters. The second-order valence-corrected chi connectivity index (χ2v) is 10.6. The molecule has 1 aliphatic rings. The van der Waals surface area contributed by atoms with E-state index in [0.717, 1.165) is 19.3 Å². The van der Waals surface area contributed by atoms with E-state index in [1.165, 1.54) is 15.6 Å². The quantitative estimate of drug-likeness (QED) is 0.529. The fraction of sp³-hybridized carbons (Fsp3) is 0.250. The Hall–Kier alpha value is -3.01. The van der Waals surface area contributed by atoms with Gasteiger partial charge in [-0.15, -0.1) is 11.3 Å². The van der Waals surface area contributed by atoms with Gasteiger partial charge in [0.25, 0.3) is 11.8 Å². The number of hydrogen-bond donors (Lipinski definition) is 2. The number of carbonyl (C=O) groups excluding carboxylic acids is 2. The number of nitrogens with zero attached hydrogens (tertiary/aromatic N) is 1. The molecule has 0 bridgehead atoms. The molecule has 4 rings (SSSR count). The molecule has 1 aliphatic heterocycles. The standard InChI is InChI=1S/C24H25N3O4S2/c28-23(19-10-3-4-11-20(19)26-24(29)21-12-8-16-32-21)25-17-18-9-2-5-13-22(18)33(30,31)27-14-6-1-7-15-27/h2-5,8-13,16H,1,6-7,14-15,17H2,(H,25,28)(H,26,29). The highest BCUT2D eigenvalue weighted by atomic mass is 32.2. The Morgan fingerprint density at radius 1 is 0.879 bits per heavy atom. The highest BCUT2D eigenvalue weighted by molar-refractivity contribution is 7.89. The summed E-state index contributed by atoms with van der Waals surface area (Å²) in [6.45, 7) is 1.08. The van der Waals surface area contributed by atoms with Crippen LogP contribution in [0.3, 0.4) is 0 Å². The van der Waals surface area contributed by atoms with Gasteiger partial charge < -0.3 is 10.6 Å². The Morgan fingerprint density at radius 3 is 2.36 bits per heavy atom. The third-order valence-corrected chi connectivity index (χ3v) is 8.38. The largest absolute Gasteiger partial charge is 0.348 e. The number of rotatable bonds is 7. The second-order valence-electron chi connectivity index (χ2n) is 7.73. The Balaban J connectivity index is 1.50. The Bertz CT molecular complexity index is 1230. The summed E-state index contributed by atoms with van der Waals surface area (Å²) >= 11 is 1.31. The molecule has 172 valence electrons. The van der Waals surface area contributed by atoms with Crippen molar-refractivity contribution in [2.75, 3.05) is 18.4 Å². The lowest BCUT2D eigenvalue weighted by molar-refractivity contribution is 0.0951. The number of carbonyl (C=O) groups is 2. The topological polar surface area (TPSA) is 95.6 Å². The molecule has 2 aromatic carbocycles. The van der Waals surface area contributed by atoms with Crippen LogP contribution < -0.4 is 10.6 Å². The fourth-order valence-corrected chi connectivity index (χ4v) is 6.16. The van der Waals surface area contributed by atoms with Crippen molar-refractivity contribution < 1.29 is 18.0 Å². The summed E-state index contributed by atoms with van der Waals surface area (Å²) in [5.41, 5.74) is 1.22. The van der Waals surface area contributed by atoms with Gasteiger partial charge in [-0.05, 0) is 48.1 Å². The molecule has 1 fully saturated rings. The number of sulfonamides is 1. The third kappa shape index (κ3) is 5.32. The minimum atomic E-state index is -3.63. The number of hydrogen-bond acceptors (Lipinski definition) is 5. The lowest BCUT2D eigenvalue weighted by Crippen LogP contribution is -2.36. The van der Waals surface area contributed by atoms with Crippen molar-refractivity contribution in [1.82, 2.24) is 9.62 Å². The lowest BCUT2D eigenvalue weighted by atomic mass is 10.1. The van der Waals surface area contributed by atoms with Gasteiger partial charge in [0, 0.05) is 19.6 Å². The van der Waals surface area contributed by atoms with E-state index in [1.807, 2.05) is 5.38 Å². The Morgan fingerprint density at radius 2 is 1.61 bits per heavy atom. The van der Waals surface area contributed by atoms with Crippen molar-refractivity contribution in [2.45, 2.75) is 30.7 Å². The fourth-order valence-electron chi connectivity index (χ4n) is 3.80. The molecule has 2 N–H and O–H groups in total. The number of anilines is 1. The first-order valence-electron chi connectivity index (χ1n) is 10.8. The van der Waals surface area contributed by atoms with Gasteiger partial charge in [0.2, 0.25) is 10.0 Å². The van der Waals surface area contributed by atoms with Crippen LogP contribution in [0.15, 0.2) is 70.9 Å². The zero-order chi connectivity index (χ0) is 23.3. The van der Waals surface area contributed by atoms with E-state index in [0.29, 0.717) is 34.8 Å². The van der Waals surface area contributed by atoms with Crippen LogP contribution in [0.25, 0.3) is 0 Å². The highest BCUT2D eigenvalue weighted by Gasteiger charge is 2.28. The van der Waals surface area contributed by atoms with Crippen LogP contribution in [0, 0.1) is 0 Å². The molecule has 33 heavy (non-hydrogen) atoms. The maximum absolute atomic E-state index is 13.2. The molecule has 2 heterocycles. The molecule has 0 radical (unpaired) electrons. The van der Waals surface area contributed by atoms with E-state index >= 15 is 0 Å². The van der Waals surface area contributed by atoms with Crippen LogP contribution >= 0.6 is 11.3 Å². The monoisotopic (exact) mass is 483 g/mol. The maximum Gasteiger partial charge on any atom is 0.265 e. The van der Waals surface area contributed by atoms with Gasteiger partial charge in [0.05, 0.1) is 21.0 Å². The van der Waals surface area contributed by atoms with Crippen molar-refractivity contribution in [3.05, 3.63) is 82.0 Å². The summed E-state index contributed by atoms with van der Waals surface area (Å²) in [6, 6.07) is 17.0. The maximum atomic E-state index is 13.2. The van der Waals surface area contributed by atoms with E-state index in [4.69, 9.17) is 0 Å². The normalized spacial score (nSPS) is 14.5. The summed E-state index contributed by atoms with van der Waals surface area (Å²) in [5, 5.41) is 7.40. The van der Waals surface area contributed by atoms with Gasteiger partial charge >= 0.3 is 0 Å². The van der Waals surface area contributed by atoms with E-state index in [2.05, 4.69) is 10.6 Å². The first kappa shape index (κ1) is 23.2. The van der Waals surface area contributed by atoms with Crippen molar-refractivity contribution in [1.29, 1.82) is 0 Å². The average molecular weight is 484 g/mol. The van der Waals surface area contributed by atoms with E-state index in [-0.39, 0.29) is 17.3 Å². The van der Waals surface area contributed by atoms with Crippen LogP contribution in [0.1, 0.15) is 44.9 Å². The number of para-hydroxylation sites is 1. The van der Waals surface area contributed by atoms with Crippen LogP contribution in [0.5, 0.6) is 0 Å². The molecule has 0 aliphatic carbocycles. The van der Waals surface area contributed by atoms with Gasteiger partial charge in [-0.3, -0.25) is 9.59 Å². The Kier molecular flexibility index (Phi) is 7.22. The van der Waals surface area contributed by atoms with Gasteiger partial charge in [-0.1, -0.05) is 42.8 Å². The van der Waals surface area contributed by atoms with Crippen molar-refractivity contribution in [2.24, 2.45) is 0 Å². The zero-order valence-electron chi connectivity index (χ0n) is 18.0. The van der Waals surface area contributed by atoms with Gasteiger partial charge in [0.1, 0.15) is 0 Å². The molecule has 1 aromatic heterocycles. The number of benzene rings is 2. The lowest BCUT2D eigenvalue weighted by Gasteiger charge is -2.26. The van der Waals surface area contributed by atoms with Gasteiger partial charge in [-0.2, -0.15) is 4.31 Å². The van der Waals surface area contributed by atoms with E-state index < -0.39 is 15.9 Å². The van der Waals surface area contributed by atoms with E-state index in [1.54, 1.807) is 60.7 Å². The van der Waals surface area contributed by atoms with Crippen LogP contribution in [-0.4, -0.2) is 37.6 Å². The first-order valence-corrected chi connectivity index (χ1v) is 13.1. The van der Waals surface area contributed by atoms with Crippen molar-refractivity contribution in [3.8, 4) is 0 Å². The number of amides is 2. The molecular weight excluding hydrogens is 458 g/mol. The first-order chi connectivity index (χ1) is 16.0. The number of nitrogens with one attached hydrogen (secondary N) is 2. The zero-order valence-corrected chi connectivity index (χ0v) is 19.6. The summed E-state index contributed by atoms with van der Waals surface area (Å²) in [7, 11) is -3.63. The molecule has 0 unspecified atom stereocenters. The third-order valence-electron chi connectivity index (χ3n) is 5.51. The predicted molar refractivity (Wildman–Crippen MR) is 129 cm³/mol. The molecule has 1 saturated heterocycles. The molecule has 0 spiro atoms. The molecule has 2 amide bonds. The van der Waals surface area contributed by atoms with Gasteiger partial charge in [0.15, 0.2) is 0 Å². The van der Waals surface area contributed by atoms with Crippen molar-refractivity contribution in [3.63, 3.8) is 0 Å². The van der Waals surface area contributed by atoms with Crippen LogP contribution in [-0.2, 0) is 16.6 Å². The molecule has 9 heteroatoms. The van der Waals surface area contributed by atoms with Crippen LogP contribution in [0.4, 0.5) is 5.69 Å². The smallest absolute Gasteiger partial charge is 0.265 e. The SMILES string of the molecule is O=C(Nc1ccccc1C(=O)NCc1ccccc1S(=O)(=O)N1CCCCC1)c1cccs1. The molecule has 0 saturated carbocycles. The Labute approximate surface area is 197 Å². The average Bonchev–Trinajstić information content (AvgIpc) is 3.39. The summed E-state index contributed by atoms with van der Waals surface area (Å²) in [4.78, 5) is 26.1. The van der Waals surface area contributed by atoms with Crippen LogP contribution in [0.2, 0.25) is 0 Å². The summed E-state index contributed by atoms with van der Waals surface area (Å²) < 4.78 is 27.9. The number of piperidine rings is 1. The minimum Gasteiger partial charge on any atom is -0.348 e. The number of thiophene rings is 1. The van der Waals surface area contributed by atoms with E-state index in [9.17, 15) is 18.0 Å². The summed E-state index contributed by atoms with van der Waals surface area (Å²) in [5.74, 6) is -0.689. The highest BCUT2D eigenvalue weighted by Crippen LogP contribution is 2.24.